The number of hydrogen-bond acceptors (Lipinski definition) is 5. The summed E-state index contributed by atoms with van der Waals surface area (Å²) in [6.45, 7) is 12.1. The molecule has 1 amide bonds. The van der Waals surface area contributed by atoms with Crippen LogP contribution in [-0.4, -0.2) is 44.1 Å². The van der Waals surface area contributed by atoms with Crippen molar-refractivity contribution in [3.8, 4) is 0 Å². The lowest BCUT2D eigenvalue weighted by molar-refractivity contribution is -0.121. The fourth-order valence-corrected chi connectivity index (χ4v) is 1.71. The van der Waals surface area contributed by atoms with Crippen molar-refractivity contribution in [3.63, 3.8) is 0 Å². The van der Waals surface area contributed by atoms with Crippen LogP contribution in [0.15, 0.2) is 0 Å². The first-order valence-corrected chi connectivity index (χ1v) is 10.9. The Hall–Kier alpha value is -0.590. The summed E-state index contributed by atoms with van der Waals surface area (Å²) in [5.41, 5.74) is 5.35. The Bertz CT molecular complexity index is 251. The molecule has 26 heavy (non-hydrogen) atoms. The van der Waals surface area contributed by atoms with Crippen molar-refractivity contribution in [1.82, 2.24) is 10.6 Å². The topological polar surface area (TPSA) is 84.2 Å². The third-order valence-corrected chi connectivity index (χ3v) is 3.10. The third-order valence-electron chi connectivity index (χ3n) is 2.78. The number of hydrogen-bond donors (Lipinski definition) is 4. The lowest BCUT2D eigenvalue weighted by Crippen LogP contribution is -2.24. The number of amides is 1. The van der Waals surface area contributed by atoms with Gasteiger partial charge in [0.15, 0.2) is 0 Å². The summed E-state index contributed by atoms with van der Waals surface area (Å²) in [6.07, 6.45) is 7.65. The molecule has 4 N–H and O–H groups in total. The zero-order valence-corrected chi connectivity index (χ0v) is 19.2. The maximum Gasteiger partial charge on any atom is 0.219 e. The van der Waals surface area contributed by atoms with E-state index in [-0.39, 0.29) is 11.7 Å². The van der Waals surface area contributed by atoms with Gasteiger partial charge >= 0.3 is 0 Å². The van der Waals surface area contributed by atoms with Gasteiger partial charge in [0.1, 0.15) is 5.78 Å². The van der Waals surface area contributed by atoms with E-state index in [1.807, 2.05) is 20.8 Å². The van der Waals surface area contributed by atoms with Crippen LogP contribution in [-0.2, 0) is 9.59 Å². The Labute approximate surface area is 169 Å². The number of likely N-dealkylation sites (N-methyl/N-ethyl adjacent to an activating group) is 1. The third kappa shape index (κ3) is 43.7. The quantitative estimate of drug-likeness (QED) is 0.299. The fraction of sp³-hybridized carbons (Fsp3) is 0.900. The molecule has 0 fully saturated rings. The summed E-state index contributed by atoms with van der Waals surface area (Å²) in [7, 11) is 1.77. The van der Waals surface area contributed by atoms with Crippen LogP contribution in [0.1, 0.15) is 86.0 Å². The maximum atomic E-state index is 11.2. The minimum Gasteiger partial charge on any atom is -0.356 e. The van der Waals surface area contributed by atoms with Crippen LogP contribution in [0.25, 0.3) is 0 Å². The summed E-state index contributed by atoms with van der Waals surface area (Å²) < 4.78 is 0. The van der Waals surface area contributed by atoms with E-state index in [2.05, 4.69) is 37.1 Å². The highest BCUT2D eigenvalue weighted by molar-refractivity contribution is 7.80. The van der Waals surface area contributed by atoms with E-state index in [1.54, 1.807) is 7.05 Å². The van der Waals surface area contributed by atoms with Gasteiger partial charge in [-0.2, -0.15) is 12.6 Å². The summed E-state index contributed by atoms with van der Waals surface area (Å²) in [5.74, 6) is 1.33. The average Bonchev–Trinajstić information content (AvgIpc) is 2.65. The molecule has 0 radical (unpaired) electrons. The smallest absolute Gasteiger partial charge is 0.219 e. The molecule has 0 aromatic rings. The highest BCUT2D eigenvalue weighted by Gasteiger charge is 1.99. The van der Waals surface area contributed by atoms with Crippen LogP contribution in [0.3, 0.4) is 0 Å². The Morgan fingerprint density at radius 2 is 1.54 bits per heavy atom. The lowest BCUT2D eigenvalue weighted by Gasteiger charge is -2.03. The fourth-order valence-electron chi connectivity index (χ4n) is 1.48. The normalized spacial score (nSPS) is 8.77. The standard InChI is InChI=1S/C10H22N2OS.C5H11NO.C3H8.C2H6/c11-7-3-1-2-6-10(13)12-8-4-5-9-14;1-3-5(7)4-6-2;1-3-2;1-2/h14H,1-9,11H2,(H,12,13);6H,3-4H2,1-2H3;3H2,1-2H3;1-2H3. The first-order valence-electron chi connectivity index (χ1n) is 10.3. The molecule has 0 aromatic heterocycles. The van der Waals surface area contributed by atoms with E-state index in [0.29, 0.717) is 19.4 Å². The van der Waals surface area contributed by atoms with Gasteiger partial charge in [0.25, 0.3) is 0 Å². The van der Waals surface area contributed by atoms with E-state index >= 15 is 0 Å². The Kier molecular flexibility index (Phi) is 45.1. The van der Waals surface area contributed by atoms with Gasteiger partial charge in [0.2, 0.25) is 5.91 Å². The molecule has 0 rings (SSSR count). The van der Waals surface area contributed by atoms with E-state index in [9.17, 15) is 9.59 Å². The molecule has 0 saturated heterocycles. The van der Waals surface area contributed by atoms with Gasteiger partial charge in [0, 0.05) is 19.4 Å². The second kappa shape index (κ2) is 35.5. The average molecular weight is 394 g/mol. The zero-order valence-electron chi connectivity index (χ0n) is 18.3. The largest absolute Gasteiger partial charge is 0.356 e. The number of Topliss-reactive ketones (excluding diaryl/α,β-unsaturated/α-hetero) is 1. The van der Waals surface area contributed by atoms with Gasteiger partial charge in [-0.1, -0.05) is 47.5 Å². The van der Waals surface area contributed by atoms with E-state index in [4.69, 9.17) is 5.73 Å². The molecule has 160 valence electrons. The van der Waals surface area contributed by atoms with Crippen LogP contribution < -0.4 is 16.4 Å². The minimum absolute atomic E-state index is 0.168. The molecule has 0 bridgehead atoms. The van der Waals surface area contributed by atoms with Crippen molar-refractivity contribution in [2.45, 2.75) is 86.0 Å². The summed E-state index contributed by atoms with van der Waals surface area (Å²) in [4.78, 5) is 21.6. The number of nitrogens with two attached hydrogens (primary N) is 1. The molecule has 5 nitrogen and oxygen atoms in total. The summed E-state index contributed by atoms with van der Waals surface area (Å²) >= 11 is 4.10. The number of ketones is 1. The van der Waals surface area contributed by atoms with Crippen LogP contribution in [0, 0.1) is 0 Å². The Morgan fingerprint density at radius 1 is 0.962 bits per heavy atom. The number of unbranched alkanes of at least 4 members (excludes halogenated alkanes) is 3. The maximum absolute atomic E-state index is 11.2. The number of nitrogens with one attached hydrogen (secondary N) is 2. The summed E-state index contributed by atoms with van der Waals surface area (Å²) in [6, 6.07) is 0. The molecule has 0 aliphatic heterocycles. The molecule has 0 aromatic carbocycles. The second-order valence-corrected chi connectivity index (χ2v) is 5.96. The Morgan fingerprint density at radius 3 is 1.92 bits per heavy atom. The molecule has 6 heteroatoms. The van der Waals surface area contributed by atoms with Crippen molar-refractivity contribution in [2.24, 2.45) is 5.73 Å². The SMILES string of the molecule is CC.CCC.CCC(=O)CNC.NCCCCCC(=O)NCCCCS. The van der Waals surface area contributed by atoms with Crippen molar-refractivity contribution >= 4 is 24.3 Å². The van der Waals surface area contributed by atoms with Crippen LogP contribution >= 0.6 is 12.6 Å². The van der Waals surface area contributed by atoms with E-state index in [0.717, 1.165) is 50.9 Å². The van der Waals surface area contributed by atoms with Crippen LogP contribution in [0.4, 0.5) is 0 Å². The molecule has 0 saturated carbocycles. The second-order valence-electron chi connectivity index (χ2n) is 5.51. The van der Waals surface area contributed by atoms with Crippen molar-refractivity contribution in [2.75, 3.05) is 32.4 Å². The van der Waals surface area contributed by atoms with Crippen molar-refractivity contribution in [1.29, 1.82) is 0 Å². The van der Waals surface area contributed by atoms with E-state index in [1.165, 1.54) is 6.42 Å². The summed E-state index contributed by atoms with van der Waals surface area (Å²) in [5, 5.41) is 5.66. The van der Waals surface area contributed by atoms with Gasteiger partial charge < -0.3 is 16.4 Å². The first kappa shape index (κ1) is 33.0. The first-order chi connectivity index (χ1) is 12.5. The van der Waals surface area contributed by atoms with Gasteiger partial charge in [-0.3, -0.25) is 9.59 Å². The van der Waals surface area contributed by atoms with E-state index < -0.39 is 0 Å². The molecular formula is C20H47N3O2S. The van der Waals surface area contributed by atoms with Gasteiger partial charge in [-0.15, -0.1) is 0 Å². The van der Waals surface area contributed by atoms with Gasteiger partial charge in [-0.25, -0.2) is 0 Å². The monoisotopic (exact) mass is 393 g/mol. The Balaban J connectivity index is -0.000000168. The predicted molar refractivity (Wildman–Crippen MR) is 120 cm³/mol. The van der Waals surface area contributed by atoms with Crippen molar-refractivity contribution in [3.05, 3.63) is 0 Å². The number of carbonyl (C=O) groups excluding carboxylic acids is 2. The highest BCUT2D eigenvalue weighted by atomic mass is 32.1. The molecule has 0 spiro atoms. The number of thiol groups is 1. The molecular weight excluding hydrogens is 346 g/mol. The highest BCUT2D eigenvalue weighted by Crippen LogP contribution is 1.98. The molecule has 0 unspecified atom stereocenters. The molecule has 0 aliphatic rings. The van der Waals surface area contributed by atoms with Crippen LogP contribution in [0.5, 0.6) is 0 Å². The minimum atomic E-state index is 0.168. The molecule has 0 atom stereocenters. The molecule has 0 heterocycles. The van der Waals surface area contributed by atoms with Gasteiger partial charge in [0.05, 0.1) is 6.54 Å². The van der Waals surface area contributed by atoms with Crippen molar-refractivity contribution < 1.29 is 9.59 Å². The number of rotatable bonds is 12. The lowest BCUT2D eigenvalue weighted by atomic mass is 10.2. The molecule has 0 aliphatic carbocycles. The zero-order chi connectivity index (χ0) is 21.1. The van der Waals surface area contributed by atoms with Gasteiger partial charge in [-0.05, 0) is 45.0 Å². The number of carbonyl (C=O) groups is 2. The predicted octanol–water partition coefficient (Wildman–Crippen LogP) is 3.96. The van der Waals surface area contributed by atoms with Crippen LogP contribution in [0.2, 0.25) is 0 Å².